The monoisotopic (exact) mass is 644 g/mol. The smallest absolute Gasteiger partial charge is 0.416 e. The average Bonchev–Trinajstić information content (AvgIpc) is 2.84. The van der Waals surface area contributed by atoms with Gasteiger partial charge in [0.15, 0.2) is 0 Å². The highest BCUT2D eigenvalue weighted by molar-refractivity contribution is 7.58. The van der Waals surface area contributed by atoms with E-state index in [9.17, 15) is 66.4 Å². The summed E-state index contributed by atoms with van der Waals surface area (Å²) in [6.07, 6.45) is -7.20. The molecular weight excluding hydrogens is 611 g/mol. The van der Waals surface area contributed by atoms with Crippen molar-refractivity contribution in [1.82, 2.24) is 0 Å². The van der Waals surface area contributed by atoms with Crippen LogP contribution in [-0.2, 0) is 45.4 Å². The van der Waals surface area contributed by atoms with Gasteiger partial charge in [0.25, 0.3) is 0 Å². The predicted molar refractivity (Wildman–Crippen MR) is 142 cm³/mol. The van der Waals surface area contributed by atoms with Crippen LogP contribution in [0.4, 0.5) is 13.2 Å². The van der Waals surface area contributed by atoms with E-state index in [1.165, 1.54) is 12.1 Å². The summed E-state index contributed by atoms with van der Waals surface area (Å²) in [5.41, 5.74) is -4.04. The molecule has 0 saturated heterocycles. The fraction of sp³-hybridized carbons (Fsp3) is 0.520. The van der Waals surface area contributed by atoms with E-state index in [2.05, 4.69) is 11.3 Å². The maximum Gasteiger partial charge on any atom is 0.416 e. The lowest BCUT2D eigenvalue weighted by atomic mass is 9.96. The quantitative estimate of drug-likeness (QED) is 0.0691. The number of aliphatic carboxylic acids is 2. The topological polar surface area (TPSA) is 213 Å². The van der Waals surface area contributed by atoms with E-state index in [4.69, 9.17) is 0 Å². The van der Waals surface area contributed by atoms with Crippen molar-refractivity contribution < 1.29 is 71.1 Å². The normalized spacial score (nSPS) is 16.4. The zero-order valence-electron chi connectivity index (χ0n) is 22.5. The Morgan fingerprint density at radius 1 is 1.00 bits per heavy atom. The number of allylic oxidation sites excluding steroid dienone is 1. The van der Waals surface area contributed by atoms with Crippen molar-refractivity contribution in [2.45, 2.75) is 69.1 Å². The second kappa shape index (κ2) is 15.6. The zero-order chi connectivity index (χ0) is 32.5. The minimum absolute atomic E-state index is 0.145. The van der Waals surface area contributed by atoms with Crippen LogP contribution in [0.25, 0.3) is 0 Å². The summed E-state index contributed by atoms with van der Waals surface area (Å²) in [7, 11) is -9.09. The Kier molecular flexibility index (Phi) is 13.8. The van der Waals surface area contributed by atoms with Gasteiger partial charge in [-0.3, -0.25) is 28.3 Å². The van der Waals surface area contributed by atoms with Gasteiger partial charge in [0.2, 0.25) is 7.37 Å². The largest absolute Gasteiger partial charge is 0.481 e. The van der Waals surface area contributed by atoms with Crippen LogP contribution in [0.15, 0.2) is 36.9 Å². The molecule has 5 atom stereocenters. The van der Waals surface area contributed by atoms with Gasteiger partial charge in [0, 0.05) is 24.7 Å². The van der Waals surface area contributed by atoms with Crippen molar-refractivity contribution in [3.8, 4) is 0 Å². The lowest BCUT2D eigenvalue weighted by molar-refractivity contribution is -0.160. The van der Waals surface area contributed by atoms with E-state index in [0.29, 0.717) is 6.07 Å². The van der Waals surface area contributed by atoms with Gasteiger partial charge >= 0.3 is 37.6 Å². The van der Waals surface area contributed by atoms with E-state index in [0.717, 1.165) is 19.1 Å². The number of hydrogen-bond acceptors (Lipinski definition) is 7. The number of rotatable bonds is 17. The summed E-state index contributed by atoms with van der Waals surface area (Å²) in [6.45, 7) is 4.47. The molecule has 0 aliphatic heterocycles. The Morgan fingerprint density at radius 2 is 1.57 bits per heavy atom. The molecule has 1 rings (SSSR count). The summed E-state index contributed by atoms with van der Waals surface area (Å²) in [4.78, 5) is 76.8. The molecule has 0 fully saturated rings. The molecule has 0 aromatic heterocycles. The molecule has 12 nitrogen and oxygen atoms in total. The van der Waals surface area contributed by atoms with E-state index >= 15 is 0 Å². The number of carbonyl (C=O) groups excluding carboxylic acids is 2. The molecule has 17 heteroatoms. The molecule has 5 unspecified atom stereocenters. The van der Waals surface area contributed by atoms with Gasteiger partial charge < -0.3 is 29.6 Å². The molecule has 1 aromatic carbocycles. The summed E-state index contributed by atoms with van der Waals surface area (Å²) in [5, 5.41) is 18.9. The van der Waals surface area contributed by atoms with Gasteiger partial charge in [-0.1, -0.05) is 31.2 Å². The van der Waals surface area contributed by atoms with Crippen LogP contribution in [0.1, 0.15) is 56.6 Å². The van der Waals surface area contributed by atoms with Crippen LogP contribution in [0.2, 0.25) is 0 Å². The summed E-state index contributed by atoms with van der Waals surface area (Å²) in [6, 6.07) is 3.67. The van der Waals surface area contributed by atoms with Crippen LogP contribution in [-0.4, -0.2) is 60.1 Å². The Bertz CT molecular complexity index is 1240. The molecule has 236 valence electrons. The third-order valence-corrected chi connectivity index (χ3v) is 10.4. The van der Waals surface area contributed by atoms with Crippen LogP contribution in [0.3, 0.4) is 0 Å². The Hall–Kier alpha value is -2.83. The van der Waals surface area contributed by atoms with Crippen molar-refractivity contribution in [3.05, 3.63) is 48.0 Å². The number of ether oxygens (including phenoxy) is 1. The van der Waals surface area contributed by atoms with Crippen LogP contribution < -0.4 is 0 Å². The fourth-order valence-corrected chi connectivity index (χ4v) is 6.93. The summed E-state index contributed by atoms with van der Waals surface area (Å²) >= 11 is 0. The first-order chi connectivity index (χ1) is 19.2. The molecule has 0 radical (unpaired) electrons. The van der Waals surface area contributed by atoms with Crippen LogP contribution >= 0.6 is 15.0 Å². The van der Waals surface area contributed by atoms with E-state index < -0.39 is 112 Å². The van der Waals surface area contributed by atoms with Gasteiger partial charge in [0.1, 0.15) is 0 Å². The Labute approximate surface area is 239 Å². The molecule has 0 bridgehead atoms. The fourth-order valence-electron chi connectivity index (χ4n) is 4.13. The molecule has 5 N–H and O–H groups in total. The molecule has 0 heterocycles. The second-order valence-electron chi connectivity index (χ2n) is 9.76. The van der Waals surface area contributed by atoms with Gasteiger partial charge in [-0.15, -0.1) is 6.58 Å². The zero-order valence-corrected chi connectivity index (χ0v) is 24.3. The van der Waals surface area contributed by atoms with Gasteiger partial charge in [-0.05, 0) is 37.3 Å². The first-order valence-electron chi connectivity index (χ1n) is 12.5. The highest BCUT2D eigenvalue weighted by Gasteiger charge is 2.39. The highest BCUT2D eigenvalue weighted by Crippen LogP contribution is 2.53. The van der Waals surface area contributed by atoms with Gasteiger partial charge in [-0.2, -0.15) is 13.2 Å². The second-order valence-corrected chi connectivity index (χ2v) is 14.3. The number of carboxylic acid groups (broad SMARTS) is 2. The van der Waals surface area contributed by atoms with Crippen molar-refractivity contribution in [2.24, 2.45) is 11.8 Å². The number of carbonyl (C=O) groups is 4. The lowest BCUT2D eigenvalue weighted by Gasteiger charge is -2.25. The summed E-state index contributed by atoms with van der Waals surface area (Å²) < 4.78 is 68.0. The van der Waals surface area contributed by atoms with E-state index in [1.54, 1.807) is 0 Å². The standard InChI is InChI=1S/C25H33F3O12P2/c1-3-5-19(42(37,38)39)13-17(23(31)32)8-10-21(29)40-22(30)11-9-20(24(33)34)15(2)41(35,36)14-16-6-4-7-18(12-16)25(26,27)28/h3-4,6-7,12,15,17,19-20H,1,5,8-11,13-14H2,2H3,(H,31,32)(H,33,34)(H,35,36)(H2,37,38,39). The van der Waals surface area contributed by atoms with Crippen molar-refractivity contribution in [1.29, 1.82) is 0 Å². The third-order valence-electron chi connectivity index (χ3n) is 6.60. The van der Waals surface area contributed by atoms with E-state index in [1.807, 2.05) is 0 Å². The number of alkyl halides is 3. The predicted octanol–water partition coefficient (Wildman–Crippen LogP) is 4.41. The molecule has 42 heavy (non-hydrogen) atoms. The molecule has 0 saturated carbocycles. The maximum atomic E-state index is 13.0. The number of hydrogen-bond donors (Lipinski definition) is 5. The van der Waals surface area contributed by atoms with E-state index in [-0.39, 0.29) is 12.0 Å². The molecular formula is C25H33F3O12P2. The van der Waals surface area contributed by atoms with Crippen molar-refractivity contribution in [3.63, 3.8) is 0 Å². The van der Waals surface area contributed by atoms with Gasteiger partial charge in [0.05, 0.1) is 23.1 Å². The van der Waals surface area contributed by atoms with Gasteiger partial charge in [-0.25, -0.2) is 0 Å². The highest BCUT2D eigenvalue weighted by atomic mass is 31.2. The Morgan fingerprint density at radius 3 is 2.05 bits per heavy atom. The number of halogens is 3. The third kappa shape index (κ3) is 12.2. The molecule has 1 aromatic rings. The van der Waals surface area contributed by atoms with Crippen molar-refractivity contribution >= 4 is 38.8 Å². The maximum absolute atomic E-state index is 13.0. The minimum Gasteiger partial charge on any atom is -0.481 e. The average molecular weight is 644 g/mol. The number of esters is 2. The first kappa shape index (κ1) is 37.2. The SMILES string of the molecule is C=CCC(CC(CCC(=O)OC(=O)CCC(C(=O)O)C(C)P(=O)(O)Cc1cccc(C(F)(F)F)c1)C(=O)O)P(=O)(O)O. The Balaban J connectivity index is 2.79. The summed E-state index contributed by atoms with van der Waals surface area (Å²) in [5.74, 6) is -8.37. The minimum atomic E-state index is -4.70. The number of benzene rings is 1. The van der Waals surface area contributed by atoms with Crippen molar-refractivity contribution in [2.75, 3.05) is 0 Å². The first-order valence-corrected chi connectivity index (χ1v) is 16.1. The van der Waals surface area contributed by atoms with Crippen LogP contribution in [0.5, 0.6) is 0 Å². The lowest BCUT2D eigenvalue weighted by Crippen LogP contribution is -2.28. The number of carboxylic acids is 2. The molecule has 0 spiro atoms. The molecule has 0 aliphatic rings. The van der Waals surface area contributed by atoms with Crippen LogP contribution in [0, 0.1) is 11.8 Å². The molecule has 0 amide bonds. The molecule has 0 aliphatic carbocycles.